The van der Waals surface area contributed by atoms with Crippen molar-refractivity contribution in [3.05, 3.63) is 59.7 Å². The Bertz CT molecular complexity index is 605. The van der Waals surface area contributed by atoms with Crippen LogP contribution < -0.4 is 4.90 Å². The molecule has 3 rings (SSSR count). The van der Waals surface area contributed by atoms with Gasteiger partial charge in [0, 0.05) is 17.8 Å². The first-order chi connectivity index (χ1) is 10.1. The Balaban J connectivity index is 1.83. The van der Waals surface area contributed by atoms with Crippen molar-refractivity contribution in [2.24, 2.45) is 0 Å². The van der Waals surface area contributed by atoms with Crippen LogP contribution in [0.1, 0.15) is 31.4 Å². The molecule has 0 fully saturated rings. The van der Waals surface area contributed by atoms with Gasteiger partial charge in [-0.15, -0.1) is 0 Å². The lowest BCUT2D eigenvalue weighted by molar-refractivity contribution is 0.474. The molecule has 0 aromatic heterocycles. The standard InChI is InChI=1S/C19H23NO/c1-14-7-10-17-5-3-4-6-19(17)20(14)15(2)13-16-8-11-18(21)12-9-16/h3-6,8-9,11-12,14-15,21H,7,10,13H2,1-2H3. The van der Waals surface area contributed by atoms with Crippen LogP contribution in [0.15, 0.2) is 48.5 Å². The number of hydrogen-bond donors (Lipinski definition) is 1. The fourth-order valence-electron chi connectivity index (χ4n) is 3.46. The van der Waals surface area contributed by atoms with E-state index < -0.39 is 0 Å². The van der Waals surface area contributed by atoms with E-state index in [1.807, 2.05) is 12.1 Å². The zero-order valence-corrected chi connectivity index (χ0v) is 12.8. The van der Waals surface area contributed by atoms with Crippen LogP contribution in [0.2, 0.25) is 0 Å². The van der Waals surface area contributed by atoms with Gasteiger partial charge in [-0.3, -0.25) is 0 Å². The second-order valence-corrected chi connectivity index (χ2v) is 6.14. The molecule has 2 heteroatoms. The van der Waals surface area contributed by atoms with Gasteiger partial charge < -0.3 is 10.0 Å². The van der Waals surface area contributed by atoms with Gasteiger partial charge in [0.05, 0.1) is 0 Å². The second-order valence-electron chi connectivity index (χ2n) is 6.14. The van der Waals surface area contributed by atoms with Gasteiger partial charge in [-0.05, 0) is 62.4 Å². The molecule has 0 saturated heterocycles. The van der Waals surface area contributed by atoms with Crippen molar-refractivity contribution in [3.63, 3.8) is 0 Å². The molecular formula is C19H23NO. The Kier molecular flexibility index (Phi) is 3.87. The van der Waals surface area contributed by atoms with E-state index in [-0.39, 0.29) is 0 Å². The third-order valence-corrected chi connectivity index (χ3v) is 4.52. The number of anilines is 1. The molecule has 0 bridgehead atoms. The zero-order valence-electron chi connectivity index (χ0n) is 12.8. The van der Waals surface area contributed by atoms with Crippen molar-refractivity contribution in [1.29, 1.82) is 0 Å². The lowest BCUT2D eigenvalue weighted by atomic mass is 9.93. The quantitative estimate of drug-likeness (QED) is 0.913. The van der Waals surface area contributed by atoms with Crippen LogP contribution in [-0.2, 0) is 12.8 Å². The van der Waals surface area contributed by atoms with Crippen molar-refractivity contribution in [2.45, 2.75) is 45.2 Å². The lowest BCUT2D eigenvalue weighted by Crippen LogP contribution is -2.44. The summed E-state index contributed by atoms with van der Waals surface area (Å²) in [5.41, 5.74) is 4.13. The minimum absolute atomic E-state index is 0.336. The summed E-state index contributed by atoms with van der Waals surface area (Å²) in [6.07, 6.45) is 3.40. The molecule has 1 heterocycles. The van der Waals surface area contributed by atoms with Crippen LogP contribution >= 0.6 is 0 Å². The largest absolute Gasteiger partial charge is 0.508 e. The minimum Gasteiger partial charge on any atom is -0.508 e. The molecular weight excluding hydrogens is 258 g/mol. The number of rotatable bonds is 3. The first-order valence-electron chi connectivity index (χ1n) is 7.79. The number of phenolic OH excluding ortho intramolecular Hbond substituents is 1. The zero-order chi connectivity index (χ0) is 14.8. The van der Waals surface area contributed by atoms with Gasteiger partial charge >= 0.3 is 0 Å². The van der Waals surface area contributed by atoms with Crippen LogP contribution in [-0.4, -0.2) is 17.2 Å². The summed E-state index contributed by atoms with van der Waals surface area (Å²) in [6.45, 7) is 4.62. The van der Waals surface area contributed by atoms with E-state index in [2.05, 4.69) is 43.0 Å². The maximum absolute atomic E-state index is 9.40. The molecule has 1 aliphatic rings. The monoisotopic (exact) mass is 281 g/mol. The van der Waals surface area contributed by atoms with E-state index in [1.165, 1.54) is 29.7 Å². The van der Waals surface area contributed by atoms with E-state index in [1.54, 1.807) is 12.1 Å². The Labute approximate surface area is 127 Å². The number of aromatic hydroxyl groups is 1. The van der Waals surface area contributed by atoms with Gasteiger partial charge in [-0.25, -0.2) is 0 Å². The molecule has 0 aliphatic carbocycles. The smallest absolute Gasteiger partial charge is 0.115 e. The summed E-state index contributed by atoms with van der Waals surface area (Å²) in [5.74, 6) is 0.336. The molecule has 2 atom stereocenters. The van der Waals surface area contributed by atoms with Gasteiger partial charge in [0.1, 0.15) is 5.75 Å². The maximum atomic E-state index is 9.40. The average molecular weight is 281 g/mol. The van der Waals surface area contributed by atoms with E-state index in [0.717, 1.165) is 6.42 Å². The number of hydrogen-bond acceptors (Lipinski definition) is 2. The highest BCUT2D eigenvalue weighted by molar-refractivity contribution is 5.57. The highest BCUT2D eigenvalue weighted by Crippen LogP contribution is 2.32. The summed E-state index contributed by atoms with van der Waals surface area (Å²) < 4.78 is 0. The Morgan fingerprint density at radius 1 is 1.14 bits per heavy atom. The molecule has 2 aromatic carbocycles. The number of phenols is 1. The summed E-state index contributed by atoms with van der Waals surface area (Å²) >= 11 is 0. The van der Waals surface area contributed by atoms with Crippen LogP contribution in [0.5, 0.6) is 5.75 Å². The third kappa shape index (κ3) is 2.90. The Hall–Kier alpha value is -1.96. The van der Waals surface area contributed by atoms with E-state index in [9.17, 15) is 5.11 Å². The molecule has 21 heavy (non-hydrogen) atoms. The number of nitrogens with zero attached hydrogens (tertiary/aromatic N) is 1. The first-order valence-corrected chi connectivity index (χ1v) is 7.79. The maximum Gasteiger partial charge on any atom is 0.115 e. The fourth-order valence-corrected chi connectivity index (χ4v) is 3.46. The molecule has 2 nitrogen and oxygen atoms in total. The molecule has 110 valence electrons. The normalized spacial score (nSPS) is 19.1. The van der Waals surface area contributed by atoms with Crippen molar-refractivity contribution < 1.29 is 5.11 Å². The topological polar surface area (TPSA) is 23.5 Å². The third-order valence-electron chi connectivity index (χ3n) is 4.52. The molecule has 0 spiro atoms. The van der Waals surface area contributed by atoms with Crippen LogP contribution in [0.4, 0.5) is 5.69 Å². The number of fused-ring (bicyclic) bond motifs is 1. The van der Waals surface area contributed by atoms with Crippen molar-refractivity contribution in [1.82, 2.24) is 0 Å². The van der Waals surface area contributed by atoms with Gasteiger partial charge in [-0.1, -0.05) is 30.3 Å². The van der Waals surface area contributed by atoms with E-state index in [4.69, 9.17) is 0 Å². The number of para-hydroxylation sites is 1. The fraction of sp³-hybridized carbons (Fsp3) is 0.368. The minimum atomic E-state index is 0.336. The predicted octanol–water partition coefficient (Wildman–Crippen LogP) is 4.16. The molecule has 2 aromatic rings. The summed E-state index contributed by atoms with van der Waals surface area (Å²) in [6, 6.07) is 17.4. The van der Waals surface area contributed by atoms with Crippen LogP contribution in [0, 0.1) is 0 Å². The van der Waals surface area contributed by atoms with Crippen LogP contribution in [0.25, 0.3) is 0 Å². The molecule has 1 aliphatic heterocycles. The molecule has 0 radical (unpaired) electrons. The molecule has 2 unspecified atom stereocenters. The van der Waals surface area contributed by atoms with E-state index >= 15 is 0 Å². The Morgan fingerprint density at radius 2 is 1.86 bits per heavy atom. The van der Waals surface area contributed by atoms with Crippen LogP contribution in [0.3, 0.4) is 0 Å². The highest BCUT2D eigenvalue weighted by Gasteiger charge is 2.26. The molecule has 0 amide bonds. The summed E-state index contributed by atoms with van der Waals surface area (Å²) in [5, 5.41) is 9.40. The van der Waals surface area contributed by atoms with Crippen molar-refractivity contribution >= 4 is 5.69 Å². The SMILES string of the molecule is CC1CCc2ccccc2N1C(C)Cc1ccc(O)cc1. The molecule has 1 N–H and O–H groups in total. The summed E-state index contributed by atoms with van der Waals surface area (Å²) in [4.78, 5) is 2.56. The summed E-state index contributed by atoms with van der Waals surface area (Å²) in [7, 11) is 0. The lowest BCUT2D eigenvalue weighted by Gasteiger charge is -2.41. The number of benzene rings is 2. The van der Waals surface area contributed by atoms with Crippen molar-refractivity contribution in [2.75, 3.05) is 4.90 Å². The van der Waals surface area contributed by atoms with E-state index in [0.29, 0.717) is 17.8 Å². The molecule has 0 saturated carbocycles. The van der Waals surface area contributed by atoms with Gasteiger partial charge in [0.25, 0.3) is 0 Å². The first kappa shape index (κ1) is 14.0. The number of aryl methyl sites for hydroxylation is 1. The van der Waals surface area contributed by atoms with Crippen molar-refractivity contribution in [3.8, 4) is 5.75 Å². The van der Waals surface area contributed by atoms with Gasteiger partial charge in [0.15, 0.2) is 0 Å². The average Bonchev–Trinajstić information content (AvgIpc) is 2.49. The van der Waals surface area contributed by atoms with Gasteiger partial charge in [0.2, 0.25) is 0 Å². The predicted molar refractivity (Wildman–Crippen MR) is 88.0 cm³/mol. The highest BCUT2D eigenvalue weighted by atomic mass is 16.3. The Morgan fingerprint density at radius 3 is 2.62 bits per heavy atom. The van der Waals surface area contributed by atoms with Gasteiger partial charge in [-0.2, -0.15) is 0 Å². The second kappa shape index (κ2) is 5.80.